The highest BCUT2D eigenvalue weighted by molar-refractivity contribution is 7.76. The molecule has 9 heteroatoms. The molecular formula is C10H20N2O4P2S. The maximum Gasteiger partial charge on any atom is 0.231 e. The number of hydrogen-bond acceptors (Lipinski definition) is 7. The molecular weight excluding hydrogens is 306 g/mol. The lowest BCUT2D eigenvalue weighted by Crippen LogP contribution is -2.22. The Bertz CT molecular complexity index is 454. The summed E-state index contributed by atoms with van der Waals surface area (Å²) in [5.41, 5.74) is -0.883. The third-order valence-corrected chi connectivity index (χ3v) is 9.14. The molecule has 1 N–H and O–H groups in total. The number of rotatable bonds is 8. The number of nitrogens with zero attached hydrogens (tertiary/aromatic N) is 1. The van der Waals surface area contributed by atoms with Gasteiger partial charge in [-0.25, -0.2) is 4.98 Å². The van der Waals surface area contributed by atoms with E-state index in [1.165, 1.54) is 24.7 Å². The number of hydrogen-bond donors (Lipinski definition) is 1. The fourth-order valence-corrected chi connectivity index (χ4v) is 7.88. The molecule has 6 nitrogen and oxygen atoms in total. The summed E-state index contributed by atoms with van der Waals surface area (Å²) in [5, 5.41) is 5.27. The number of anilines is 1. The first-order valence-corrected chi connectivity index (χ1v) is 11.1. The van der Waals surface area contributed by atoms with Crippen molar-refractivity contribution in [3.8, 4) is 0 Å². The van der Waals surface area contributed by atoms with Crippen molar-refractivity contribution >= 4 is 31.2 Å². The first-order chi connectivity index (χ1) is 8.83. The summed E-state index contributed by atoms with van der Waals surface area (Å²) in [7, 11) is -6.26. The second-order valence-corrected chi connectivity index (χ2v) is 10.5. The van der Waals surface area contributed by atoms with Gasteiger partial charge in [0, 0.05) is 24.9 Å². The maximum absolute atomic E-state index is 12.6. The number of thiazole rings is 1. The molecule has 0 fully saturated rings. The summed E-state index contributed by atoms with van der Waals surface area (Å²) in [6.07, 6.45) is 1.62. The van der Waals surface area contributed by atoms with Crippen LogP contribution in [0.15, 0.2) is 11.6 Å². The molecule has 1 rings (SSSR count). The van der Waals surface area contributed by atoms with Gasteiger partial charge in [0.05, 0.1) is 13.2 Å². The van der Waals surface area contributed by atoms with Crippen molar-refractivity contribution in [2.24, 2.45) is 0 Å². The van der Waals surface area contributed by atoms with Crippen LogP contribution in [0.4, 0.5) is 5.13 Å². The summed E-state index contributed by atoms with van der Waals surface area (Å²) >= 11 is 1.34. The van der Waals surface area contributed by atoms with Gasteiger partial charge in [0.25, 0.3) is 0 Å². The van der Waals surface area contributed by atoms with Crippen LogP contribution in [0, 0.1) is 0 Å². The van der Waals surface area contributed by atoms with E-state index in [0.29, 0.717) is 5.13 Å². The predicted octanol–water partition coefficient (Wildman–Crippen LogP) is 3.73. The zero-order chi connectivity index (χ0) is 14.5. The summed E-state index contributed by atoms with van der Waals surface area (Å²) in [4.78, 5) is 4.06. The van der Waals surface area contributed by atoms with Gasteiger partial charge in [-0.15, -0.1) is 11.3 Å². The Balaban J connectivity index is 3.03. The van der Waals surface area contributed by atoms with Gasteiger partial charge in [-0.3, -0.25) is 9.13 Å². The molecule has 0 saturated heterocycles. The van der Waals surface area contributed by atoms with Crippen LogP contribution in [-0.2, 0) is 18.2 Å². The van der Waals surface area contributed by atoms with Crippen LogP contribution in [0.3, 0.4) is 0 Å². The van der Waals surface area contributed by atoms with E-state index < -0.39 is 20.3 Å². The van der Waals surface area contributed by atoms with E-state index in [0.717, 1.165) is 0 Å². The summed E-state index contributed by atoms with van der Waals surface area (Å²) < 4.78 is 35.8. The molecule has 0 aliphatic carbocycles. The molecule has 0 saturated carbocycles. The fraction of sp³-hybridized carbons (Fsp3) is 0.700. The molecule has 0 spiro atoms. The van der Waals surface area contributed by atoms with Crippen LogP contribution < -0.4 is 5.32 Å². The Hall–Kier alpha value is -0.190. The van der Waals surface area contributed by atoms with Gasteiger partial charge < -0.3 is 14.4 Å². The van der Waals surface area contributed by atoms with Gasteiger partial charge in [-0.2, -0.15) is 0 Å². The van der Waals surface area contributed by atoms with Gasteiger partial charge in [-0.05, 0) is 13.8 Å². The predicted molar refractivity (Wildman–Crippen MR) is 79.8 cm³/mol. The van der Waals surface area contributed by atoms with Crippen molar-refractivity contribution in [2.45, 2.75) is 19.4 Å². The Kier molecular flexibility index (Phi) is 6.21. The molecule has 0 aromatic carbocycles. The Morgan fingerprint density at radius 1 is 1.26 bits per heavy atom. The minimum Gasteiger partial charge on any atom is -0.342 e. The molecule has 110 valence electrons. The summed E-state index contributed by atoms with van der Waals surface area (Å²) in [6, 6.07) is 0. The zero-order valence-corrected chi connectivity index (χ0v) is 14.1. The van der Waals surface area contributed by atoms with Crippen molar-refractivity contribution in [3.05, 3.63) is 11.6 Å². The lowest BCUT2D eigenvalue weighted by atomic mass is 10.9. The molecule has 0 radical (unpaired) electrons. The van der Waals surface area contributed by atoms with E-state index in [4.69, 9.17) is 9.05 Å². The second-order valence-electron chi connectivity index (χ2n) is 4.01. The average Bonchev–Trinajstić information content (AvgIpc) is 2.77. The van der Waals surface area contributed by atoms with E-state index in [1.807, 2.05) is 0 Å². The van der Waals surface area contributed by atoms with Crippen molar-refractivity contribution in [1.29, 1.82) is 0 Å². The van der Waals surface area contributed by atoms with Crippen LogP contribution >= 0.6 is 26.1 Å². The summed E-state index contributed by atoms with van der Waals surface area (Å²) in [6.45, 7) is 7.01. The average molecular weight is 326 g/mol. The standard InChI is InChI=1S/C10H20N2O4P2S/c1-5-15-17(3,13)10(18(4,14)16-6-2)12-9-11-7-8-19-9/h7-8,10H,5-6H2,1-4H3,(H,11,12). The minimum atomic E-state index is -3.13. The van der Waals surface area contributed by atoms with Crippen LogP contribution in [0.2, 0.25) is 0 Å². The Labute approximate surface area is 117 Å². The van der Waals surface area contributed by atoms with Gasteiger partial charge in [0.1, 0.15) is 0 Å². The van der Waals surface area contributed by atoms with Crippen molar-refractivity contribution in [2.75, 3.05) is 31.9 Å². The maximum atomic E-state index is 12.6. The highest BCUT2D eigenvalue weighted by Gasteiger charge is 2.42. The van der Waals surface area contributed by atoms with Crippen molar-refractivity contribution in [3.63, 3.8) is 0 Å². The second kappa shape index (κ2) is 7.00. The van der Waals surface area contributed by atoms with E-state index in [1.54, 1.807) is 25.4 Å². The molecule has 1 aromatic rings. The number of aromatic nitrogens is 1. The van der Waals surface area contributed by atoms with E-state index >= 15 is 0 Å². The lowest BCUT2D eigenvalue weighted by Gasteiger charge is -2.29. The van der Waals surface area contributed by atoms with Crippen LogP contribution in [0.25, 0.3) is 0 Å². The van der Waals surface area contributed by atoms with Crippen LogP contribution in [0.1, 0.15) is 13.8 Å². The largest absolute Gasteiger partial charge is 0.342 e. The van der Waals surface area contributed by atoms with Crippen LogP contribution in [-0.4, -0.2) is 37.1 Å². The SMILES string of the molecule is CCOP(C)(=O)C(Nc1nccs1)P(C)(=O)OCC. The third kappa shape index (κ3) is 4.69. The topological polar surface area (TPSA) is 77.5 Å². The van der Waals surface area contributed by atoms with Crippen molar-refractivity contribution < 1.29 is 18.2 Å². The molecule has 0 aliphatic heterocycles. The van der Waals surface area contributed by atoms with E-state index in [-0.39, 0.29) is 13.2 Å². The zero-order valence-electron chi connectivity index (χ0n) is 11.5. The van der Waals surface area contributed by atoms with Gasteiger partial charge in [0.2, 0.25) is 14.7 Å². The van der Waals surface area contributed by atoms with E-state index in [9.17, 15) is 9.13 Å². The monoisotopic (exact) mass is 326 g/mol. The van der Waals surface area contributed by atoms with Crippen LogP contribution in [0.5, 0.6) is 0 Å². The first kappa shape index (κ1) is 16.9. The Morgan fingerprint density at radius 2 is 1.79 bits per heavy atom. The normalized spacial score (nSPS) is 19.4. The molecule has 2 unspecified atom stereocenters. The fourth-order valence-electron chi connectivity index (χ4n) is 1.67. The lowest BCUT2D eigenvalue weighted by molar-refractivity contribution is 0.320. The molecule has 1 heterocycles. The van der Waals surface area contributed by atoms with Gasteiger partial charge >= 0.3 is 0 Å². The van der Waals surface area contributed by atoms with Crippen molar-refractivity contribution in [1.82, 2.24) is 4.98 Å². The first-order valence-electron chi connectivity index (χ1n) is 5.93. The smallest absolute Gasteiger partial charge is 0.231 e. The van der Waals surface area contributed by atoms with E-state index in [2.05, 4.69) is 10.3 Å². The summed E-state index contributed by atoms with van der Waals surface area (Å²) in [5.74, 6) is 0. The molecule has 0 amide bonds. The highest BCUT2D eigenvalue weighted by Crippen LogP contribution is 2.65. The van der Waals surface area contributed by atoms with Gasteiger partial charge in [-0.1, -0.05) is 0 Å². The number of nitrogens with one attached hydrogen (secondary N) is 1. The minimum absolute atomic E-state index is 0.288. The third-order valence-electron chi connectivity index (χ3n) is 2.34. The molecule has 19 heavy (non-hydrogen) atoms. The molecule has 2 atom stereocenters. The highest BCUT2D eigenvalue weighted by atomic mass is 32.1. The molecule has 0 aliphatic rings. The van der Waals surface area contributed by atoms with Gasteiger partial charge in [0.15, 0.2) is 10.7 Å². The quantitative estimate of drug-likeness (QED) is 0.734. The molecule has 1 aromatic heterocycles. The molecule has 0 bridgehead atoms. The Morgan fingerprint density at radius 3 is 2.16 bits per heavy atom.